The molecule has 0 saturated heterocycles. The van der Waals surface area contributed by atoms with Gasteiger partial charge in [0, 0.05) is 12.2 Å². The van der Waals surface area contributed by atoms with Crippen molar-refractivity contribution in [2.45, 2.75) is 33.0 Å². The van der Waals surface area contributed by atoms with E-state index in [1.165, 1.54) is 6.92 Å². The van der Waals surface area contributed by atoms with Gasteiger partial charge in [-0.1, -0.05) is 0 Å². The lowest BCUT2D eigenvalue weighted by atomic mass is 10.4. The van der Waals surface area contributed by atoms with E-state index in [-0.39, 0.29) is 12.7 Å². The Morgan fingerprint density at radius 3 is 2.20 bits per heavy atom. The number of aliphatic hydroxyl groups is 1. The molecule has 0 radical (unpaired) electrons. The van der Waals surface area contributed by atoms with E-state index in [1.54, 1.807) is 13.8 Å². The molecule has 0 aromatic carbocycles. The fourth-order valence-corrected chi connectivity index (χ4v) is 0.659. The average molecular weight is 216 g/mol. The molecule has 0 saturated carbocycles. The number of rotatable bonds is 5. The zero-order chi connectivity index (χ0) is 11.8. The molecular formula is C10H16O5. The van der Waals surface area contributed by atoms with Gasteiger partial charge in [0.15, 0.2) is 0 Å². The fourth-order valence-electron chi connectivity index (χ4n) is 0.659. The summed E-state index contributed by atoms with van der Waals surface area (Å²) in [6, 6.07) is 0. The lowest BCUT2D eigenvalue weighted by Gasteiger charge is -2.04. The highest BCUT2D eigenvalue weighted by Gasteiger charge is 2.04. The summed E-state index contributed by atoms with van der Waals surface area (Å²) in [5.74, 6) is -1.28. The van der Waals surface area contributed by atoms with Crippen molar-refractivity contribution < 1.29 is 24.2 Å². The molecule has 0 amide bonds. The van der Waals surface area contributed by atoms with E-state index in [0.29, 0.717) is 0 Å². The molecule has 0 fully saturated rings. The highest BCUT2D eigenvalue weighted by Crippen LogP contribution is 1.91. The third-order valence-electron chi connectivity index (χ3n) is 1.17. The van der Waals surface area contributed by atoms with Gasteiger partial charge in [0.25, 0.3) is 0 Å². The number of hydrogen-bond donors (Lipinski definition) is 1. The molecule has 0 aromatic heterocycles. The molecular weight excluding hydrogens is 200 g/mol. The van der Waals surface area contributed by atoms with E-state index in [2.05, 4.69) is 4.74 Å². The third-order valence-corrected chi connectivity index (χ3v) is 1.17. The summed E-state index contributed by atoms with van der Waals surface area (Å²) in [4.78, 5) is 21.8. The van der Waals surface area contributed by atoms with Crippen LogP contribution in [0, 0.1) is 0 Å². The molecule has 0 rings (SSSR count). The summed E-state index contributed by atoms with van der Waals surface area (Å²) in [5, 5.41) is 8.80. The van der Waals surface area contributed by atoms with Crippen LogP contribution in [0.5, 0.6) is 0 Å². The maximum atomic E-state index is 10.9. The van der Waals surface area contributed by atoms with E-state index in [9.17, 15) is 9.59 Å². The highest BCUT2D eigenvalue weighted by molar-refractivity contribution is 5.91. The first-order chi connectivity index (χ1) is 6.91. The normalized spacial score (nSPS) is 12.9. The Kier molecular flexibility index (Phi) is 6.37. The van der Waals surface area contributed by atoms with Crippen LogP contribution in [0.4, 0.5) is 0 Å². The molecule has 1 atom stereocenters. The summed E-state index contributed by atoms with van der Waals surface area (Å²) in [6.45, 7) is 4.81. The van der Waals surface area contributed by atoms with Crippen LogP contribution in [0.2, 0.25) is 0 Å². The summed E-state index contributed by atoms with van der Waals surface area (Å²) in [6.07, 6.45) is 1.01. The molecule has 15 heavy (non-hydrogen) atoms. The number of carbonyl (C=O) groups excluding carboxylic acids is 2. The average Bonchev–Trinajstić information content (AvgIpc) is 2.10. The van der Waals surface area contributed by atoms with E-state index < -0.39 is 18.0 Å². The van der Waals surface area contributed by atoms with Crippen LogP contribution in [-0.2, 0) is 19.1 Å². The molecule has 5 nitrogen and oxygen atoms in total. The van der Waals surface area contributed by atoms with Gasteiger partial charge >= 0.3 is 11.9 Å². The van der Waals surface area contributed by atoms with Crippen molar-refractivity contribution in [1.82, 2.24) is 0 Å². The Hall–Kier alpha value is -1.36. The number of ether oxygens (including phenoxy) is 2. The molecule has 0 spiro atoms. The maximum absolute atomic E-state index is 10.9. The van der Waals surface area contributed by atoms with Crippen molar-refractivity contribution in [3.63, 3.8) is 0 Å². The largest absolute Gasteiger partial charge is 0.460 e. The number of carbonyl (C=O) groups is 2. The topological polar surface area (TPSA) is 72.8 Å². The smallest absolute Gasteiger partial charge is 0.331 e. The van der Waals surface area contributed by atoms with Crippen molar-refractivity contribution in [2.75, 3.05) is 6.61 Å². The molecule has 0 aliphatic carbocycles. The molecule has 1 N–H and O–H groups in total. The quantitative estimate of drug-likeness (QED) is 0.532. The van der Waals surface area contributed by atoms with Gasteiger partial charge in [0.2, 0.25) is 0 Å². The summed E-state index contributed by atoms with van der Waals surface area (Å²) < 4.78 is 9.32. The van der Waals surface area contributed by atoms with E-state index in [0.717, 1.165) is 12.2 Å². The Balaban J connectivity index is 3.85. The summed E-state index contributed by atoms with van der Waals surface area (Å²) in [5.41, 5.74) is 0. The first-order valence-electron chi connectivity index (χ1n) is 4.65. The summed E-state index contributed by atoms with van der Waals surface area (Å²) >= 11 is 0. The van der Waals surface area contributed by atoms with Crippen LogP contribution >= 0.6 is 0 Å². The van der Waals surface area contributed by atoms with Gasteiger partial charge in [0.1, 0.15) is 6.61 Å². The molecule has 0 aliphatic heterocycles. The Morgan fingerprint density at radius 1 is 1.20 bits per heavy atom. The first-order valence-corrected chi connectivity index (χ1v) is 4.65. The minimum absolute atomic E-state index is 0.0948. The Labute approximate surface area is 88.7 Å². The van der Waals surface area contributed by atoms with Crippen molar-refractivity contribution in [3.8, 4) is 0 Å². The van der Waals surface area contributed by atoms with Gasteiger partial charge in [0.05, 0.1) is 12.2 Å². The van der Waals surface area contributed by atoms with Crippen LogP contribution in [0.15, 0.2) is 12.2 Å². The standard InChI is InChI=1S/C10H16O5/c1-7(2)15-10(13)5-4-9(12)14-6-8(3)11/h4-5,7-8,11H,6H2,1-3H3. The minimum atomic E-state index is -0.718. The van der Waals surface area contributed by atoms with Crippen molar-refractivity contribution in [1.29, 1.82) is 0 Å². The molecule has 5 heteroatoms. The number of esters is 2. The van der Waals surface area contributed by atoms with Crippen LogP contribution in [0.1, 0.15) is 20.8 Å². The van der Waals surface area contributed by atoms with Gasteiger partial charge in [-0.15, -0.1) is 0 Å². The highest BCUT2D eigenvalue weighted by atomic mass is 16.5. The monoisotopic (exact) mass is 216 g/mol. The van der Waals surface area contributed by atoms with Gasteiger partial charge in [-0.05, 0) is 20.8 Å². The van der Waals surface area contributed by atoms with E-state index in [1.807, 2.05) is 0 Å². The molecule has 0 aromatic rings. The van der Waals surface area contributed by atoms with Crippen molar-refractivity contribution >= 4 is 11.9 Å². The Bertz CT molecular complexity index is 242. The third kappa shape index (κ3) is 8.96. The summed E-state index contributed by atoms with van der Waals surface area (Å²) in [7, 11) is 0. The molecule has 86 valence electrons. The SMILES string of the molecule is CC(O)COC(=O)C=CC(=O)OC(C)C. The van der Waals surface area contributed by atoms with Crippen LogP contribution in [0.3, 0.4) is 0 Å². The van der Waals surface area contributed by atoms with E-state index >= 15 is 0 Å². The van der Waals surface area contributed by atoms with Gasteiger partial charge < -0.3 is 14.6 Å². The van der Waals surface area contributed by atoms with Crippen molar-refractivity contribution in [2.24, 2.45) is 0 Å². The lowest BCUT2D eigenvalue weighted by Crippen LogP contribution is -2.14. The van der Waals surface area contributed by atoms with Gasteiger partial charge in [-0.3, -0.25) is 0 Å². The van der Waals surface area contributed by atoms with Gasteiger partial charge in [-0.2, -0.15) is 0 Å². The van der Waals surface area contributed by atoms with Crippen LogP contribution in [-0.4, -0.2) is 35.9 Å². The fraction of sp³-hybridized carbons (Fsp3) is 0.600. The minimum Gasteiger partial charge on any atom is -0.460 e. The predicted molar refractivity (Wildman–Crippen MR) is 53.0 cm³/mol. The zero-order valence-electron chi connectivity index (χ0n) is 9.10. The van der Waals surface area contributed by atoms with Crippen LogP contribution < -0.4 is 0 Å². The first kappa shape index (κ1) is 13.6. The van der Waals surface area contributed by atoms with Crippen LogP contribution in [0.25, 0.3) is 0 Å². The second kappa shape index (κ2) is 7.00. The van der Waals surface area contributed by atoms with E-state index in [4.69, 9.17) is 9.84 Å². The Morgan fingerprint density at radius 2 is 1.73 bits per heavy atom. The lowest BCUT2D eigenvalue weighted by molar-refractivity contribution is -0.143. The van der Waals surface area contributed by atoms with Gasteiger partial charge in [-0.25, -0.2) is 9.59 Å². The predicted octanol–water partition coefficient (Wildman–Crippen LogP) is 0.418. The number of hydrogen-bond acceptors (Lipinski definition) is 5. The zero-order valence-corrected chi connectivity index (χ0v) is 9.10. The van der Waals surface area contributed by atoms with Crippen molar-refractivity contribution in [3.05, 3.63) is 12.2 Å². The molecule has 0 heterocycles. The second-order valence-corrected chi connectivity index (χ2v) is 3.30. The maximum Gasteiger partial charge on any atom is 0.331 e. The molecule has 1 unspecified atom stereocenters. The molecule has 0 aliphatic rings. The number of aliphatic hydroxyl groups excluding tert-OH is 1. The second-order valence-electron chi connectivity index (χ2n) is 3.30. The molecule has 0 bridgehead atoms.